The molecule has 0 spiro atoms. The van der Waals surface area contributed by atoms with Crippen LogP contribution in [0.5, 0.6) is 11.5 Å². The Balaban J connectivity index is 2.46. The molecule has 1 aromatic carbocycles. The summed E-state index contributed by atoms with van der Waals surface area (Å²) in [5.74, 6) is 1.63. The molecule has 0 radical (unpaired) electrons. The van der Waals surface area contributed by atoms with Crippen molar-refractivity contribution >= 4 is 0 Å². The van der Waals surface area contributed by atoms with Crippen LogP contribution in [0, 0.1) is 0 Å². The van der Waals surface area contributed by atoms with Gasteiger partial charge in [0, 0.05) is 17.2 Å². The van der Waals surface area contributed by atoms with Crippen LogP contribution >= 0.6 is 0 Å². The van der Waals surface area contributed by atoms with Crippen molar-refractivity contribution in [3.8, 4) is 11.5 Å². The first-order chi connectivity index (χ1) is 7.22. The molecule has 0 fully saturated rings. The number of nitrogens with two attached hydrogens (primary N) is 1. The van der Waals surface area contributed by atoms with Crippen LogP contribution in [0.4, 0.5) is 0 Å². The molecule has 0 bridgehead atoms. The summed E-state index contributed by atoms with van der Waals surface area (Å²) in [6.45, 7) is 2.78. The van der Waals surface area contributed by atoms with Gasteiger partial charge in [0.15, 0.2) is 6.79 Å². The molecule has 1 atom stereocenters. The molecule has 82 valence electrons. The average molecular weight is 209 g/mol. The molecular weight excluding hydrogens is 194 g/mol. The molecule has 1 unspecified atom stereocenters. The molecular formula is C11H15NO3. The summed E-state index contributed by atoms with van der Waals surface area (Å²) in [6, 6.07) is 3.78. The van der Waals surface area contributed by atoms with E-state index in [1.807, 2.05) is 19.1 Å². The predicted octanol–water partition coefficient (Wildman–Crippen LogP) is 1.58. The van der Waals surface area contributed by atoms with Crippen LogP contribution in [0.2, 0.25) is 0 Å². The highest BCUT2D eigenvalue weighted by Crippen LogP contribution is 2.33. The highest BCUT2D eigenvalue weighted by atomic mass is 16.7. The zero-order chi connectivity index (χ0) is 10.8. The molecule has 2 rings (SSSR count). The van der Waals surface area contributed by atoms with E-state index in [4.69, 9.17) is 19.9 Å². The summed E-state index contributed by atoms with van der Waals surface area (Å²) < 4.78 is 15.8. The lowest BCUT2D eigenvalue weighted by Crippen LogP contribution is -2.14. The fourth-order valence-electron chi connectivity index (χ4n) is 1.65. The van der Waals surface area contributed by atoms with E-state index in [9.17, 15) is 0 Å². The van der Waals surface area contributed by atoms with E-state index >= 15 is 0 Å². The number of ether oxygens (including phenoxy) is 3. The molecule has 1 aliphatic rings. The Kier molecular flexibility index (Phi) is 2.79. The summed E-state index contributed by atoms with van der Waals surface area (Å²) in [5, 5.41) is 0. The van der Waals surface area contributed by atoms with E-state index in [-0.39, 0.29) is 6.04 Å². The fraction of sp³-hybridized carbons (Fsp3) is 0.455. The van der Waals surface area contributed by atoms with Gasteiger partial charge in [-0.2, -0.15) is 0 Å². The molecule has 2 N–H and O–H groups in total. The Morgan fingerprint density at radius 1 is 1.47 bits per heavy atom. The van der Waals surface area contributed by atoms with Gasteiger partial charge in [0.1, 0.15) is 11.5 Å². The lowest BCUT2D eigenvalue weighted by atomic mass is 10.0. The standard InChI is InChI=1S/C11H15NO3/c1-7(12)9-4-10-8(3-11(9)13-2)5-14-6-15-10/h3-4,7H,5-6,12H2,1-2H3. The Bertz CT molecular complexity index is 363. The molecule has 1 aliphatic heterocycles. The number of fused-ring (bicyclic) bond motifs is 1. The van der Waals surface area contributed by atoms with Crippen LogP contribution in [0.3, 0.4) is 0 Å². The molecule has 0 aliphatic carbocycles. The van der Waals surface area contributed by atoms with Crippen molar-refractivity contribution in [1.82, 2.24) is 0 Å². The van der Waals surface area contributed by atoms with Crippen molar-refractivity contribution in [3.63, 3.8) is 0 Å². The number of hydrogen-bond donors (Lipinski definition) is 1. The summed E-state index contributed by atoms with van der Waals surface area (Å²) in [5.41, 5.74) is 7.82. The van der Waals surface area contributed by atoms with Crippen molar-refractivity contribution in [2.24, 2.45) is 5.73 Å². The van der Waals surface area contributed by atoms with Gasteiger partial charge in [-0.25, -0.2) is 0 Å². The molecule has 0 aromatic heterocycles. The number of rotatable bonds is 2. The van der Waals surface area contributed by atoms with Crippen molar-refractivity contribution in [3.05, 3.63) is 23.3 Å². The summed E-state index contributed by atoms with van der Waals surface area (Å²) in [7, 11) is 1.64. The molecule has 4 heteroatoms. The smallest absolute Gasteiger partial charge is 0.189 e. The minimum Gasteiger partial charge on any atom is -0.496 e. The summed E-state index contributed by atoms with van der Waals surface area (Å²) >= 11 is 0. The van der Waals surface area contributed by atoms with Gasteiger partial charge < -0.3 is 19.9 Å². The highest BCUT2D eigenvalue weighted by molar-refractivity contribution is 5.47. The lowest BCUT2D eigenvalue weighted by molar-refractivity contribution is -0.0165. The van der Waals surface area contributed by atoms with Crippen LogP contribution in [-0.4, -0.2) is 13.9 Å². The summed E-state index contributed by atoms with van der Waals surface area (Å²) in [4.78, 5) is 0. The molecule has 15 heavy (non-hydrogen) atoms. The number of methoxy groups -OCH3 is 1. The minimum atomic E-state index is -0.0725. The zero-order valence-electron chi connectivity index (χ0n) is 8.95. The van der Waals surface area contributed by atoms with Crippen molar-refractivity contribution in [2.75, 3.05) is 13.9 Å². The first-order valence-electron chi connectivity index (χ1n) is 4.89. The van der Waals surface area contributed by atoms with E-state index in [0.29, 0.717) is 13.4 Å². The first kappa shape index (κ1) is 10.3. The highest BCUT2D eigenvalue weighted by Gasteiger charge is 2.16. The van der Waals surface area contributed by atoms with Gasteiger partial charge in [0.25, 0.3) is 0 Å². The van der Waals surface area contributed by atoms with Gasteiger partial charge in [-0.3, -0.25) is 0 Å². The quantitative estimate of drug-likeness (QED) is 0.803. The van der Waals surface area contributed by atoms with Crippen LogP contribution < -0.4 is 15.2 Å². The fourth-order valence-corrected chi connectivity index (χ4v) is 1.65. The Labute approximate surface area is 88.9 Å². The van der Waals surface area contributed by atoms with Gasteiger partial charge in [-0.05, 0) is 19.1 Å². The zero-order valence-corrected chi connectivity index (χ0v) is 8.95. The van der Waals surface area contributed by atoms with Crippen molar-refractivity contribution in [2.45, 2.75) is 19.6 Å². The second-order valence-corrected chi connectivity index (χ2v) is 3.60. The Hall–Kier alpha value is -1.26. The van der Waals surface area contributed by atoms with Gasteiger partial charge >= 0.3 is 0 Å². The van der Waals surface area contributed by atoms with Crippen LogP contribution in [0.15, 0.2) is 12.1 Å². The predicted molar refractivity (Wildman–Crippen MR) is 55.9 cm³/mol. The van der Waals surface area contributed by atoms with E-state index in [1.54, 1.807) is 7.11 Å². The Morgan fingerprint density at radius 3 is 2.93 bits per heavy atom. The minimum absolute atomic E-state index is 0.0725. The normalized spacial score (nSPS) is 16.5. The van der Waals surface area contributed by atoms with Crippen LogP contribution in [0.25, 0.3) is 0 Å². The summed E-state index contributed by atoms with van der Waals surface area (Å²) in [6.07, 6.45) is 0. The van der Waals surface area contributed by atoms with Gasteiger partial charge in [0.05, 0.1) is 13.7 Å². The van der Waals surface area contributed by atoms with Gasteiger partial charge in [-0.1, -0.05) is 0 Å². The monoisotopic (exact) mass is 209 g/mol. The molecule has 4 nitrogen and oxygen atoms in total. The van der Waals surface area contributed by atoms with E-state index in [0.717, 1.165) is 22.6 Å². The molecule has 1 aromatic rings. The third kappa shape index (κ3) is 1.91. The maximum absolute atomic E-state index is 5.86. The maximum Gasteiger partial charge on any atom is 0.189 e. The lowest BCUT2D eigenvalue weighted by Gasteiger charge is -2.21. The molecule has 0 saturated carbocycles. The SMILES string of the molecule is COc1cc2c(cc1C(C)N)OCOC2. The van der Waals surface area contributed by atoms with E-state index < -0.39 is 0 Å². The molecule has 1 heterocycles. The molecule has 0 amide bonds. The van der Waals surface area contributed by atoms with Gasteiger partial charge in [0.2, 0.25) is 0 Å². The van der Waals surface area contributed by atoms with Crippen LogP contribution in [0.1, 0.15) is 24.1 Å². The first-order valence-corrected chi connectivity index (χ1v) is 4.89. The van der Waals surface area contributed by atoms with Crippen molar-refractivity contribution in [1.29, 1.82) is 0 Å². The average Bonchev–Trinajstić information content (AvgIpc) is 2.27. The topological polar surface area (TPSA) is 53.7 Å². The second kappa shape index (κ2) is 4.08. The number of benzene rings is 1. The van der Waals surface area contributed by atoms with Crippen molar-refractivity contribution < 1.29 is 14.2 Å². The van der Waals surface area contributed by atoms with E-state index in [1.165, 1.54) is 0 Å². The van der Waals surface area contributed by atoms with Crippen LogP contribution in [-0.2, 0) is 11.3 Å². The third-order valence-corrected chi connectivity index (χ3v) is 2.46. The number of hydrogen-bond acceptors (Lipinski definition) is 4. The third-order valence-electron chi connectivity index (χ3n) is 2.46. The molecule has 0 saturated heterocycles. The maximum atomic E-state index is 5.86. The largest absolute Gasteiger partial charge is 0.496 e. The van der Waals surface area contributed by atoms with Gasteiger partial charge in [-0.15, -0.1) is 0 Å². The van der Waals surface area contributed by atoms with E-state index in [2.05, 4.69) is 0 Å². The Morgan fingerprint density at radius 2 is 2.27 bits per heavy atom. The second-order valence-electron chi connectivity index (χ2n) is 3.60.